The molecule has 2 aliphatic rings. The Balaban J connectivity index is 1.51. The minimum Gasteiger partial charge on any atom is -0.335 e. The van der Waals surface area contributed by atoms with E-state index in [1.54, 1.807) is 24.3 Å². The SMILES string of the molecule is NC1CCC(N(Cc2cc(NC(=O)c3ccccc3)ccc2Cl)C(=O)C2CC2)CC1. The number of halogens is 1. The van der Waals surface area contributed by atoms with Crippen LogP contribution < -0.4 is 11.1 Å². The third-order valence-electron chi connectivity index (χ3n) is 6.07. The van der Waals surface area contributed by atoms with E-state index in [0.717, 1.165) is 44.1 Å². The standard InChI is InChI=1S/C24H28ClN3O2/c25-22-13-10-20(27-23(29)16-4-2-1-3-5-16)14-18(22)15-28(24(30)17-6-7-17)21-11-8-19(26)9-12-21/h1-5,10,13-14,17,19,21H,6-9,11-12,15,26H2,(H,27,29). The highest BCUT2D eigenvalue weighted by Gasteiger charge is 2.37. The molecule has 2 aromatic rings. The second kappa shape index (κ2) is 9.19. The molecule has 158 valence electrons. The number of amides is 2. The first-order valence-corrected chi connectivity index (χ1v) is 11.1. The van der Waals surface area contributed by atoms with E-state index in [0.29, 0.717) is 22.8 Å². The van der Waals surface area contributed by atoms with E-state index in [9.17, 15) is 9.59 Å². The zero-order chi connectivity index (χ0) is 21.1. The summed E-state index contributed by atoms with van der Waals surface area (Å²) in [6, 6.07) is 15.0. The molecule has 30 heavy (non-hydrogen) atoms. The van der Waals surface area contributed by atoms with Gasteiger partial charge in [0, 0.05) is 40.8 Å². The van der Waals surface area contributed by atoms with Crippen LogP contribution >= 0.6 is 11.6 Å². The third-order valence-corrected chi connectivity index (χ3v) is 6.44. The highest BCUT2D eigenvalue weighted by Crippen LogP contribution is 2.35. The van der Waals surface area contributed by atoms with E-state index in [2.05, 4.69) is 5.32 Å². The number of hydrogen-bond donors (Lipinski definition) is 2. The van der Waals surface area contributed by atoms with Gasteiger partial charge in [0.05, 0.1) is 0 Å². The lowest BCUT2D eigenvalue weighted by Crippen LogP contribution is -2.44. The fourth-order valence-electron chi connectivity index (χ4n) is 4.12. The van der Waals surface area contributed by atoms with E-state index in [1.807, 2.05) is 29.2 Å². The summed E-state index contributed by atoms with van der Waals surface area (Å²) < 4.78 is 0. The van der Waals surface area contributed by atoms with Gasteiger partial charge in [-0.05, 0) is 74.4 Å². The van der Waals surface area contributed by atoms with E-state index < -0.39 is 0 Å². The molecule has 4 rings (SSSR count). The van der Waals surface area contributed by atoms with Crippen molar-refractivity contribution in [2.24, 2.45) is 11.7 Å². The first-order chi connectivity index (χ1) is 14.5. The maximum absolute atomic E-state index is 13.0. The lowest BCUT2D eigenvalue weighted by Gasteiger charge is -2.36. The normalized spacial score (nSPS) is 21.1. The summed E-state index contributed by atoms with van der Waals surface area (Å²) in [6.07, 6.45) is 5.70. The Kier molecular flexibility index (Phi) is 6.40. The molecule has 0 aliphatic heterocycles. The van der Waals surface area contributed by atoms with Crippen molar-refractivity contribution in [3.63, 3.8) is 0 Å². The number of nitrogens with two attached hydrogens (primary N) is 1. The summed E-state index contributed by atoms with van der Waals surface area (Å²) in [5.41, 5.74) is 8.19. The molecule has 6 heteroatoms. The van der Waals surface area contributed by atoms with Crippen molar-refractivity contribution in [1.29, 1.82) is 0 Å². The number of hydrogen-bond acceptors (Lipinski definition) is 3. The van der Waals surface area contributed by atoms with Crippen molar-refractivity contribution in [1.82, 2.24) is 4.90 Å². The van der Waals surface area contributed by atoms with E-state index in [4.69, 9.17) is 17.3 Å². The molecule has 0 atom stereocenters. The molecular weight excluding hydrogens is 398 g/mol. The summed E-state index contributed by atoms with van der Waals surface area (Å²) in [5, 5.41) is 3.54. The summed E-state index contributed by atoms with van der Waals surface area (Å²) in [7, 11) is 0. The third kappa shape index (κ3) is 5.02. The number of nitrogens with zero attached hydrogens (tertiary/aromatic N) is 1. The topological polar surface area (TPSA) is 75.4 Å². The van der Waals surface area contributed by atoms with Gasteiger partial charge in [-0.3, -0.25) is 9.59 Å². The van der Waals surface area contributed by atoms with Crippen molar-refractivity contribution in [2.75, 3.05) is 5.32 Å². The van der Waals surface area contributed by atoms with Gasteiger partial charge in [-0.25, -0.2) is 0 Å². The van der Waals surface area contributed by atoms with Gasteiger partial charge in [-0.15, -0.1) is 0 Å². The second-order valence-corrected chi connectivity index (χ2v) is 8.84. The van der Waals surface area contributed by atoms with Crippen molar-refractivity contribution in [3.8, 4) is 0 Å². The lowest BCUT2D eigenvalue weighted by molar-refractivity contribution is -0.136. The molecule has 0 saturated heterocycles. The first kappa shape index (κ1) is 20.9. The van der Waals surface area contributed by atoms with Crippen LogP contribution in [0.1, 0.15) is 54.4 Å². The molecule has 0 heterocycles. The Morgan fingerprint density at radius 3 is 2.37 bits per heavy atom. The Bertz CT molecular complexity index is 906. The maximum Gasteiger partial charge on any atom is 0.255 e. The fraction of sp³-hybridized carbons (Fsp3) is 0.417. The average Bonchev–Trinajstić information content (AvgIpc) is 3.60. The maximum atomic E-state index is 13.0. The molecule has 2 aromatic carbocycles. The number of anilines is 1. The first-order valence-electron chi connectivity index (χ1n) is 10.7. The summed E-state index contributed by atoms with van der Waals surface area (Å²) >= 11 is 6.49. The zero-order valence-electron chi connectivity index (χ0n) is 17.0. The molecule has 0 aromatic heterocycles. The Morgan fingerprint density at radius 2 is 1.70 bits per heavy atom. The number of carbonyl (C=O) groups excluding carboxylic acids is 2. The van der Waals surface area contributed by atoms with Gasteiger partial charge in [0.1, 0.15) is 0 Å². The molecular formula is C24H28ClN3O2. The van der Waals surface area contributed by atoms with Crippen LogP contribution in [0.3, 0.4) is 0 Å². The fourth-order valence-corrected chi connectivity index (χ4v) is 4.29. The number of carbonyl (C=O) groups is 2. The molecule has 0 radical (unpaired) electrons. The average molecular weight is 426 g/mol. The van der Waals surface area contributed by atoms with E-state index in [1.165, 1.54) is 0 Å². The zero-order valence-corrected chi connectivity index (χ0v) is 17.8. The van der Waals surface area contributed by atoms with Crippen LogP contribution in [0, 0.1) is 5.92 Å². The van der Waals surface area contributed by atoms with Gasteiger partial charge < -0.3 is 16.0 Å². The Hall–Kier alpha value is -2.37. The molecule has 0 spiro atoms. The van der Waals surface area contributed by atoms with Gasteiger partial charge in [0.15, 0.2) is 0 Å². The van der Waals surface area contributed by atoms with Crippen molar-refractivity contribution >= 4 is 29.1 Å². The van der Waals surface area contributed by atoms with Crippen molar-refractivity contribution in [3.05, 3.63) is 64.7 Å². The number of benzene rings is 2. The van der Waals surface area contributed by atoms with E-state index >= 15 is 0 Å². The quantitative estimate of drug-likeness (QED) is 0.710. The Morgan fingerprint density at radius 1 is 1.00 bits per heavy atom. The summed E-state index contributed by atoms with van der Waals surface area (Å²) in [6.45, 7) is 0.461. The predicted octanol–water partition coefficient (Wildman–Crippen LogP) is 4.60. The van der Waals surface area contributed by atoms with Gasteiger partial charge in [0.25, 0.3) is 5.91 Å². The molecule has 2 fully saturated rings. The van der Waals surface area contributed by atoms with Gasteiger partial charge >= 0.3 is 0 Å². The molecule has 2 aliphatic carbocycles. The van der Waals surface area contributed by atoms with Crippen LogP contribution in [0.15, 0.2) is 48.5 Å². The van der Waals surface area contributed by atoms with Gasteiger partial charge in [-0.2, -0.15) is 0 Å². The van der Waals surface area contributed by atoms with Crippen molar-refractivity contribution < 1.29 is 9.59 Å². The predicted molar refractivity (Wildman–Crippen MR) is 119 cm³/mol. The molecule has 3 N–H and O–H groups in total. The highest BCUT2D eigenvalue weighted by molar-refractivity contribution is 6.31. The molecule has 2 amide bonds. The monoisotopic (exact) mass is 425 g/mol. The minimum atomic E-state index is -0.170. The van der Waals surface area contributed by atoms with Gasteiger partial charge in [-0.1, -0.05) is 29.8 Å². The van der Waals surface area contributed by atoms with Crippen LogP contribution in [0.4, 0.5) is 5.69 Å². The van der Waals surface area contributed by atoms with Crippen LogP contribution in [0.2, 0.25) is 5.02 Å². The van der Waals surface area contributed by atoms with Crippen LogP contribution in [0.25, 0.3) is 0 Å². The number of nitrogens with one attached hydrogen (secondary N) is 1. The minimum absolute atomic E-state index is 0.153. The smallest absolute Gasteiger partial charge is 0.255 e. The molecule has 5 nitrogen and oxygen atoms in total. The second-order valence-electron chi connectivity index (χ2n) is 8.44. The Labute approximate surface area is 182 Å². The van der Waals surface area contributed by atoms with E-state index in [-0.39, 0.29) is 29.8 Å². The van der Waals surface area contributed by atoms with Crippen LogP contribution in [-0.4, -0.2) is 28.8 Å². The molecule has 0 unspecified atom stereocenters. The van der Waals surface area contributed by atoms with Gasteiger partial charge in [0.2, 0.25) is 5.91 Å². The van der Waals surface area contributed by atoms with Crippen molar-refractivity contribution in [2.45, 2.75) is 57.2 Å². The largest absolute Gasteiger partial charge is 0.335 e. The molecule has 0 bridgehead atoms. The lowest BCUT2D eigenvalue weighted by atomic mass is 9.90. The number of rotatable bonds is 6. The molecule has 2 saturated carbocycles. The van der Waals surface area contributed by atoms with Crippen LogP contribution in [-0.2, 0) is 11.3 Å². The summed E-state index contributed by atoms with van der Waals surface area (Å²) in [4.78, 5) is 27.5. The summed E-state index contributed by atoms with van der Waals surface area (Å²) in [5.74, 6) is 0.210. The van der Waals surface area contributed by atoms with Crippen LogP contribution in [0.5, 0.6) is 0 Å². The highest BCUT2D eigenvalue weighted by atomic mass is 35.5.